The van der Waals surface area contributed by atoms with Crippen molar-refractivity contribution in [2.75, 3.05) is 0 Å². The third-order valence-corrected chi connectivity index (χ3v) is 15.9. The number of fused-ring (bicyclic) bond motifs is 2. The summed E-state index contributed by atoms with van der Waals surface area (Å²) in [5, 5.41) is 0. The van der Waals surface area contributed by atoms with Gasteiger partial charge in [0.05, 0.1) is 0 Å². The molecule has 1 saturated heterocycles. The van der Waals surface area contributed by atoms with Crippen molar-refractivity contribution < 1.29 is 23.2 Å². The average molecular weight is 576 g/mol. The van der Waals surface area contributed by atoms with Crippen molar-refractivity contribution in [2.24, 2.45) is 0 Å². The van der Waals surface area contributed by atoms with Gasteiger partial charge < -0.3 is 0 Å². The van der Waals surface area contributed by atoms with Gasteiger partial charge in [-0.3, -0.25) is 0 Å². The van der Waals surface area contributed by atoms with E-state index in [1.807, 2.05) is 0 Å². The summed E-state index contributed by atoms with van der Waals surface area (Å²) in [4.78, 5) is 0. The minimum atomic E-state index is -0.670. The molecular formula is C34H48SiZr. The van der Waals surface area contributed by atoms with Gasteiger partial charge in [-0.2, -0.15) is 0 Å². The summed E-state index contributed by atoms with van der Waals surface area (Å²) in [7, 11) is 0.543. The Bertz CT molecular complexity index is 968. The molecule has 2 aliphatic carbocycles. The van der Waals surface area contributed by atoms with Crippen molar-refractivity contribution in [1.29, 1.82) is 0 Å². The molecule has 0 spiro atoms. The Hall–Kier alpha value is -0.980. The van der Waals surface area contributed by atoms with Gasteiger partial charge in [0, 0.05) is 9.52 Å². The van der Waals surface area contributed by atoms with E-state index in [1.54, 1.807) is 47.2 Å². The molecule has 2 heteroatoms. The van der Waals surface area contributed by atoms with E-state index < -0.39 is 23.2 Å². The molecule has 192 valence electrons. The third kappa shape index (κ3) is 5.86. The summed E-state index contributed by atoms with van der Waals surface area (Å²) >= 11 is -0.670. The second-order valence-corrected chi connectivity index (χ2v) is 17.6. The number of allylic oxidation sites excluding steroid dienone is 2. The first-order valence-corrected chi connectivity index (χ1v) is 20.0. The first-order valence-electron chi connectivity index (χ1n) is 15.0. The standard InChI is InChI=1S/C26H29.C4H10Si.C4H9.Zr/c1-4-11-24(25-18(5-2)16-20-12-7-9-14-22(20)25)26-19(6-3)17-21-13-8-10-15-23(21)26;1-2-4-5-3-1;1-3-4-2;/h7-10,12-17,25-26H,4-6,11H2,1-3H3;1-5H2;1,3-4H2,2H3;. The Labute approximate surface area is 235 Å². The SMILES string of the molecule is C1CC[SiH2]C1.CCC[CH2][Zr][C](CCC)(C1C(CC)=Cc2ccccc21)C1C(CC)=Cc2ccccc21. The topological polar surface area (TPSA) is 0 Å². The molecule has 2 aromatic rings. The van der Waals surface area contributed by atoms with E-state index in [1.165, 1.54) is 53.8 Å². The summed E-state index contributed by atoms with van der Waals surface area (Å²) in [5.41, 5.74) is 9.65. The molecule has 0 N–H and O–H groups in total. The Balaban J connectivity index is 0.000000543. The van der Waals surface area contributed by atoms with Crippen LogP contribution in [0.4, 0.5) is 0 Å². The summed E-state index contributed by atoms with van der Waals surface area (Å²) < 4.78 is 1.93. The van der Waals surface area contributed by atoms with Crippen LogP contribution < -0.4 is 0 Å². The zero-order valence-electron chi connectivity index (χ0n) is 23.4. The molecule has 1 fully saturated rings. The maximum absolute atomic E-state index is 2.56. The Morgan fingerprint density at radius 2 is 1.28 bits per heavy atom. The molecule has 0 nitrogen and oxygen atoms in total. The Morgan fingerprint density at radius 3 is 1.69 bits per heavy atom. The average Bonchev–Trinajstić information content (AvgIpc) is 3.67. The molecule has 2 aromatic carbocycles. The van der Waals surface area contributed by atoms with Crippen molar-refractivity contribution in [2.45, 2.75) is 110 Å². The molecule has 0 saturated carbocycles. The normalized spacial score (nSPS) is 21.6. The molecule has 36 heavy (non-hydrogen) atoms. The maximum atomic E-state index is 2.56. The summed E-state index contributed by atoms with van der Waals surface area (Å²) in [6, 6.07) is 21.9. The van der Waals surface area contributed by atoms with E-state index in [-0.39, 0.29) is 0 Å². The van der Waals surface area contributed by atoms with Gasteiger partial charge in [0.1, 0.15) is 0 Å². The van der Waals surface area contributed by atoms with Crippen LogP contribution in [0.3, 0.4) is 0 Å². The van der Waals surface area contributed by atoms with Crippen molar-refractivity contribution in [3.63, 3.8) is 0 Å². The number of hydrogen-bond donors (Lipinski definition) is 0. The molecule has 1 aliphatic heterocycles. The number of benzene rings is 2. The summed E-state index contributed by atoms with van der Waals surface area (Å²) in [5.74, 6) is 1.23. The van der Waals surface area contributed by atoms with Crippen LogP contribution >= 0.6 is 0 Å². The fourth-order valence-corrected chi connectivity index (χ4v) is 15.1. The van der Waals surface area contributed by atoms with E-state index in [9.17, 15) is 0 Å². The molecule has 2 unspecified atom stereocenters. The fraction of sp³-hybridized carbons (Fsp3) is 0.529. The Kier molecular flexibility index (Phi) is 10.7. The third-order valence-electron chi connectivity index (χ3n) is 8.78. The molecule has 1 heterocycles. The van der Waals surface area contributed by atoms with Crippen molar-refractivity contribution in [3.05, 3.63) is 81.9 Å². The molecule has 0 aromatic heterocycles. The Morgan fingerprint density at radius 1 is 0.750 bits per heavy atom. The van der Waals surface area contributed by atoms with E-state index in [2.05, 4.69) is 88.4 Å². The van der Waals surface area contributed by atoms with Crippen LogP contribution in [0.1, 0.15) is 113 Å². The van der Waals surface area contributed by atoms with Gasteiger partial charge >= 0.3 is 203 Å². The van der Waals surface area contributed by atoms with E-state index >= 15 is 0 Å². The quantitative estimate of drug-likeness (QED) is 0.195. The van der Waals surface area contributed by atoms with Gasteiger partial charge in [0.15, 0.2) is 0 Å². The van der Waals surface area contributed by atoms with Crippen molar-refractivity contribution >= 4 is 21.7 Å². The van der Waals surface area contributed by atoms with Crippen molar-refractivity contribution in [1.82, 2.24) is 0 Å². The monoisotopic (exact) mass is 574 g/mol. The molecule has 2 atom stereocenters. The van der Waals surface area contributed by atoms with Gasteiger partial charge in [-0.25, -0.2) is 0 Å². The van der Waals surface area contributed by atoms with Crippen LogP contribution in [0.5, 0.6) is 0 Å². The van der Waals surface area contributed by atoms with Crippen LogP contribution in [-0.4, -0.2) is 9.52 Å². The van der Waals surface area contributed by atoms with Gasteiger partial charge in [-0.15, -0.1) is 0 Å². The van der Waals surface area contributed by atoms with E-state index in [0.717, 1.165) is 0 Å². The predicted octanol–water partition coefficient (Wildman–Crippen LogP) is 10.2. The van der Waals surface area contributed by atoms with Crippen LogP contribution in [0.15, 0.2) is 59.7 Å². The fourth-order valence-electron chi connectivity index (χ4n) is 7.15. The first-order chi connectivity index (χ1) is 17.7. The van der Waals surface area contributed by atoms with Gasteiger partial charge in [-0.1, -0.05) is 24.9 Å². The van der Waals surface area contributed by atoms with Crippen LogP contribution in [0.2, 0.25) is 19.3 Å². The molecular weight excluding hydrogens is 528 g/mol. The second kappa shape index (κ2) is 13.7. The number of unbranched alkanes of at least 4 members (excludes halogenated alkanes) is 1. The van der Waals surface area contributed by atoms with Gasteiger partial charge in [0.2, 0.25) is 0 Å². The zero-order valence-corrected chi connectivity index (χ0v) is 27.3. The van der Waals surface area contributed by atoms with Gasteiger partial charge in [-0.05, 0) is 0 Å². The first kappa shape index (κ1) is 28.0. The zero-order chi connectivity index (χ0) is 25.4. The minimum absolute atomic E-state index is 0.427. The molecule has 5 rings (SSSR count). The predicted molar refractivity (Wildman–Crippen MR) is 160 cm³/mol. The van der Waals surface area contributed by atoms with Crippen LogP contribution in [0, 0.1) is 0 Å². The molecule has 0 amide bonds. The molecule has 0 radical (unpaired) electrons. The summed E-state index contributed by atoms with van der Waals surface area (Å²) in [6.45, 7) is 9.57. The molecule has 0 bridgehead atoms. The van der Waals surface area contributed by atoms with Crippen molar-refractivity contribution in [3.8, 4) is 0 Å². The van der Waals surface area contributed by atoms with E-state index in [4.69, 9.17) is 0 Å². The second-order valence-electron chi connectivity index (χ2n) is 11.1. The van der Waals surface area contributed by atoms with E-state index in [0.29, 0.717) is 24.5 Å². The van der Waals surface area contributed by atoms with Gasteiger partial charge in [0.25, 0.3) is 0 Å². The molecule has 3 aliphatic rings. The number of rotatable bonds is 10. The van der Waals surface area contributed by atoms with Crippen LogP contribution in [0.25, 0.3) is 12.2 Å². The van der Waals surface area contributed by atoms with Crippen LogP contribution in [-0.2, 0) is 23.2 Å². The summed E-state index contributed by atoms with van der Waals surface area (Å²) in [6.07, 6.45) is 16.0. The number of hydrogen-bond acceptors (Lipinski definition) is 0.